The maximum Gasteiger partial charge on any atom is 0.481 e. The highest BCUT2D eigenvalue weighted by Crippen LogP contribution is 2.65. The predicted molar refractivity (Wildman–Crippen MR) is 148 cm³/mol. The van der Waals surface area contributed by atoms with Crippen molar-refractivity contribution in [1.82, 2.24) is 10.3 Å². The fourth-order valence-electron chi connectivity index (χ4n) is 7.01. The molecule has 0 aromatic carbocycles. The number of carbonyl (C=O) groups is 2. The van der Waals surface area contributed by atoms with Crippen molar-refractivity contribution in [2.75, 3.05) is 0 Å². The molecule has 4 aliphatic rings. The first-order valence-corrected chi connectivity index (χ1v) is 14.7. The fourth-order valence-corrected chi connectivity index (χ4v) is 7.01. The molecule has 2 bridgehead atoms. The molecule has 0 spiro atoms. The van der Waals surface area contributed by atoms with Gasteiger partial charge in [0.05, 0.1) is 29.7 Å². The van der Waals surface area contributed by atoms with E-state index >= 15 is 0 Å². The molecule has 4 fully saturated rings. The zero-order valence-electron chi connectivity index (χ0n) is 24.3. The summed E-state index contributed by atoms with van der Waals surface area (Å²) in [6.45, 7) is 14.7. The lowest BCUT2D eigenvalue weighted by atomic mass is 9.43. The van der Waals surface area contributed by atoms with Crippen LogP contribution >= 0.6 is 0 Å². The second-order valence-electron chi connectivity index (χ2n) is 13.2. The standard InChI is InChI=1S/C30H47BN2O5/c1-8-9-10-20-11-12-23(32-17-20)24(35)16-22(19(4)34)28(36)33-27(13-18(2)3)31-37-26-15-21-14-25(29(21,5)6)30(26,7)38-31/h11-12,17-19,21-22,25-27,34H,8-10,13-16H2,1-7H3,(H,33,36)/t19-,21+,22+,25+,26-,27+,30+/m1/s1. The lowest BCUT2D eigenvalue weighted by molar-refractivity contribution is -0.199. The molecule has 2 heterocycles. The third kappa shape index (κ3) is 5.73. The summed E-state index contributed by atoms with van der Waals surface area (Å²) in [6, 6.07) is 3.65. The van der Waals surface area contributed by atoms with Gasteiger partial charge in [0.15, 0.2) is 5.78 Å². The predicted octanol–water partition coefficient (Wildman–Crippen LogP) is 4.79. The summed E-state index contributed by atoms with van der Waals surface area (Å²) in [6.07, 6.45) is 6.59. The number of aliphatic hydroxyl groups excluding tert-OH is 1. The van der Waals surface area contributed by atoms with E-state index < -0.39 is 19.1 Å². The number of Topliss-reactive ketones (excluding diaryl/α,β-unsaturated/α-hetero) is 1. The SMILES string of the molecule is CCCCc1ccc(C(=O)C[C@H](C(=O)N[C@@H](CC(C)C)B2O[C@@H]3C[C@@H]4C[C@@H](C4(C)C)[C@]3(C)O2)[C@@H](C)O)nc1. The summed E-state index contributed by atoms with van der Waals surface area (Å²) in [5, 5.41) is 13.6. The van der Waals surface area contributed by atoms with E-state index in [0.717, 1.165) is 37.7 Å². The molecule has 1 aromatic rings. The van der Waals surface area contributed by atoms with Gasteiger partial charge in [0.1, 0.15) is 5.69 Å². The van der Waals surface area contributed by atoms with Crippen molar-refractivity contribution in [3.05, 3.63) is 29.6 Å². The van der Waals surface area contributed by atoms with Gasteiger partial charge >= 0.3 is 7.12 Å². The van der Waals surface area contributed by atoms with Gasteiger partial charge in [-0.25, -0.2) is 0 Å². The second kappa shape index (κ2) is 11.4. The minimum Gasteiger partial charge on any atom is -0.404 e. The molecule has 1 aromatic heterocycles. The van der Waals surface area contributed by atoms with Gasteiger partial charge in [-0.05, 0) is 80.8 Å². The molecule has 3 aliphatic carbocycles. The van der Waals surface area contributed by atoms with Crippen molar-refractivity contribution in [3.63, 3.8) is 0 Å². The number of pyridine rings is 1. The van der Waals surface area contributed by atoms with E-state index in [0.29, 0.717) is 29.9 Å². The number of aliphatic hydroxyl groups is 1. The Hall–Kier alpha value is -1.77. The molecule has 8 heteroatoms. The Morgan fingerprint density at radius 2 is 1.95 bits per heavy atom. The summed E-state index contributed by atoms with van der Waals surface area (Å²) in [5.74, 6) is -0.468. The van der Waals surface area contributed by atoms with Crippen LogP contribution in [0.2, 0.25) is 0 Å². The molecular weight excluding hydrogens is 479 g/mol. The summed E-state index contributed by atoms with van der Waals surface area (Å²) in [7, 11) is -0.547. The molecule has 0 unspecified atom stereocenters. The van der Waals surface area contributed by atoms with Gasteiger partial charge in [-0.2, -0.15) is 0 Å². The molecule has 0 radical (unpaired) electrons. The van der Waals surface area contributed by atoms with Crippen molar-refractivity contribution in [3.8, 4) is 0 Å². The normalized spacial score (nSPS) is 29.8. The smallest absolute Gasteiger partial charge is 0.404 e. The number of ketones is 1. The lowest BCUT2D eigenvalue weighted by Crippen LogP contribution is -2.65. The number of amides is 1. The Labute approximate surface area is 229 Å². The first-order valence-electron chi connectivity index (χ1n) is 14.7. The highest BCUT2D eigenvalue weighted by Gasteiger charge is 2.68. The summed E-state index contributed by atoms with van der Waals surface area (Å²) >= 11 is 0. The lowest BCUT2D eigenvalue weighted by Gasteiger charge is -2.64. The number of nitrogens with zero attached hydrogens (tertiary/aromatic N) is 1. The van der Waals surface area contributed by atoms with Gasteiger partial charge in [-0.15, -0.1) is 0 Å². The molecule has 1 amide bonds. The molecule has 1 saturated heterocycles. The van der Waals surface area contributed by atoms with Crippen LogP contribution in [0.1, 0.15) is 103 Å². The van der Waals surface area contributed by atoms with E-state index in [1.54, 1.807) is 19.2 Å². The zero-order valence-corrected chi connectivity index (χ0v) is 24.3. The number of rotatable bonds is 12. The number of nitrogens with one attached hydrogen (secondary N) is 1. The maximum atomic E-state index is 13.5. The van der Waals surface area contributed by atoms with Crippen LogP contribution in [0.15, 0.2) is 18.3 Å². The second-order valence-corrected chi connectivity index (χ2v) is 13.2. The van der Waals surface area contributed by atoms with Crippen molar-refractivity contribution in [2.24, 2.45) is 29.1 Å². The number of aromatic nitrogens is 1. The van der Waals surface area contributed by atoms with E-state index in [1.165, 1.54) is 0 Å². The monoisotopic (exact) mass is 526 g/mol. The Bertz CT molecular complexity index is 997. The number of hydrogen-bond acceptors (Lipinski definition) is 6. The summed E-state index contributed by atoms with van der Waals surface area (Å²) in [5.41, 5.74) is 1.29. The molecule has 2 N–H and O–H groups in total. The quantitative estimate of drug-likeness (QED) is 0.300. The Balaban J connectivity index is 1.43. The van der Waals surface area contributed by atoms with Gasteiger partial charge in [0.25, 0.3) is 0 Å². The topological polar surface area (TPSA) is 97.8 Å². The highest BCUT2D eigenvalue weighted by molar-refractivity contribution is 6.47. The van der Waals surface area contributed by atoms with E-state index in [1.807, 2.05) is 6.07 Å². The number of unbranched alkanes of at least 4 members (excludes halogenated alkanes) is 1. The van der Waals surface area contributed by atoms with Crippen molar-refractivity contribution < 1.29 is 24.0 Å². The highest BCUT2D eigenvalue weighted by atomic mass is 16.7. The molecule has 7 atom stereocenters. The van der Waals surface area contributed by atoms with E-state index in [2.05, 4.69) is 51.8 Å². The van der Waals surface area contributed by atoms with E-state index in [4.69, 9.17) is 9.31 Å². The van der Waals surface area contributed by atoms with Crippen LogP contribution < -0.4 is 5.32 Å². The minimum atomic E-state index is -0.985. The van der Waals surface area contributed by atoms with Crippen molar-refractivity contribution >= 4 is 18.8 Å². The van der Waals surface area contributed by atoms with Crippen LogP contribution in [0.4, 0.5) is 0 Å². The molecule has 210 valence electrons. The number of carbonyl (C=O) groups excluding carboxylic acids is 2. The van der Waals surface area contributed by atoms with Gasteiger partial charge in [-0.1, -0.05) is 47.1 Å². The van der Waals surface area contributed by atoms with Crippen molar-refractivity contribution in [2.45, 2.75) is 117 Å². The zero-order chi connectivity index (χ0) is 27.8. The van der Waals surface area contributed by atoms with E-state index in [-0.39, 0.29) is 41.2 Å². The van der Waals surface area contributed by atoms with Crippen LogP contribution in [-0.4, -0.2) is 52.6 Å². The minimum absolute atomic E-state index is 0.0244. The maximum absolute atomic E-state index is 13.5. The Kier molecular flexibility index (Phi) is 8.75. The average molecular weight is 527 g/mol. The van der Waals surface area contributed by atoms with Gasteiger partial charge in [0, 0.05) is 12.6 Å². The largest absolute Gasteiger partial charge is 0.481 e. The van der Waals surface area contributed by atoms with Crippen LogP contribution in [0.5, 0.6) is 0 Å². The molecule has 3 saturated carbocycles. The third-order valence-corrected chi connectivity index (χ3v) is 9.60. The summed E-state index contributed by atoms with van der Waals surface area (Å²) < 4.78 is 13.1. The average Bonchev–Trinajstić information content (AvgIpc) is 3.22. The van der Waals surface area contributed by atoms with Crippen LogP contribution in [0, 0.1) is 29.1 Å². The molecule has 7 nitrogen and oxygen atoms in total. The summed E-state index contributed by atoms with van der Waals surface area (Å²) in [4.78, 5) is 30.8. The van der Waals surface area contributed by atoms with Gasteiger partial charge in [-0.3, -0.25) is 14.6 Å². The molecular formula is C30H47BN2O5. The Morgan fingerprint density at radius 3 is 2.53 bits per heavy atom. The van der Waals surface area contributed by atoms with E-state index in [9.17, 15) is 14.7 Å². The van der Waals surface area contributed by atoms with Gasteiger partial charge < -0.3 is 19.7 Å². The van der Waals surface area contributed by atoms with Crippen LogP contribution in [0.25, 0.3) is 0 Å². The number of hydrogen-bond donors (Lipinski definition) is 2. The first-order chi connectivity index (χ1) is 17.9. The van der Waals surface area contributed by atoms with Crippen LogP contribution in [-0.2, 0) is 20.5 Å². The van der Waals surface area contributed by atoms with Crippen molar-refractivity contribution in [1.29, 1.82) is 0 Å². The third-order valence-electron chi connectivity index (χ3n) is 9.60. The molecule has 38 heavy (non-hydrogen) atoms. The molecule has 5 rings (SSSR count). The first kappa shape index (κ1) is 29.2. The molecule has 1 aliphatic heterocycles. The van der Waals surface area contributed by atoms with Gasteiger partial charge in [0.2, 0.25) is 5.91 Å². The van der Waals surface area contributed by atoms with Crippen LogP contribution in [0.3, 0.4) is 0 Å². The fraction of sp³-hybridized carbons (Fsp3) is 0.767. The number of aryl methyl sites for hydroxylation is 1. The Morgan fingerprint density at radius 1 is 1.21 bits per heavy atom.